The molecule has 11 heteroatoms. The highest BCUT2D eigenvalue weighted by molar-refractivity contribution is 5.75. The van der Waals surface area contributed by atoms with Crippen molar-refractivity contribution < 1.29 is 28.9 Å². The van der Waals surface area contributed by atoms with Crippen LogP contribution in [0.4, 0.5) is 9.18 Å². The van der Waals surface area contributed by atoms with Gasteiger partial charge in [-0.15, -0.1) is 0 Å². The smallest absolute Gasteiger partial charge is 0.407 e. The molecule has 1 amide bonds. The van der Waals surface area contributed by atoms with Crippen molar-refractivity contribution in [2.75, 3.05) is 19.7 Å². The van der Waals surface area contributed by atoms with Crippen molar-refractivity contribution in [2.24, 2.45) is 0 Å². The Kier molecular flexibility index (Phi) is 5.85. The number of nitrogens with zero attached hydrogens (tertiary/aromatic N) is 5. The largest absolute Gasteiger partial charge is 0.473 e. The number of fused-ring (bicyclic) bond motifs is 1. The number of piperidine rings is 1. The highest BCUT2D eigenvalue weighted by Crippen LogP contribution is 2.31. The fraction of sp³-hybridized carbons (Fsp3) is 0.400. The molecule has 3 aromatic heterocycles. The first kappa shape index (κ1) is 20.8. The highest BCUT2D eigenvalue weighted by atomic mass is 19.1. The first-order chi connectivity index (χ1) is 14.9. The molecular formula is C20H22FN5O5. The number of halogens is 1. The fourth-order valence-electron chi connectivity index (χ4n) is 3.37. The lowest BCUT2D eigenvalue weighted by molar-refractivity contribution is 0.0728. The Hall–Kier alpha value is -3.47. The van der Waals surface area contributed by atoms with E-state index in [1.165, 1.54) is 11.8 Å². The molecular weight excluding hydrogens is 409 g/mol. The second-order valence-electron chi connectivity index (χ2n) is 7.33. The Morgan fingerprint density at radius 1 is 1.35 bits per heavy atom. The number of pyridine rings is 1. The number of aliphatic hydroxyl groups is 1. The lowest BCUT2D eigenvalue weighted by atomic mass is 10.1. The van der Waals surface area contributed by atoms with Crippen LogP contribution in [0.3, 0.4) is 0 Å². The van der Waals surface area contributed by atoms with Gasteiger partial charge in [0, 0.05) is 12.7 Å². The summed E-state index contributed by atoms with van der Waals surface area (Å²) in [5.74, 6) is -1.46. The van der Waals surface area contributed by atoms with Gasteiger partial charge in [0.15, 0.2) is 5.82 Å². The van der Waals surface area contributed by atoms with E-state index < -0.39 is 24.1 Å². The number of hydrogen-bond donors (Lipinski definition) is 2. The molecule has 164 valence electrons. The van der Waals surface area contributed by atoms with Gasteiger partial charge in [0.1, 0.15) is 12.7 Å². The topological polar surface area (TPSA) is 122 Å². The first-order valence-corrected chi connectivity index (χ1v) is 9.88. The van der Waals surface area contributed by atoms with E-state index >= 15 is 4.39 Å². The number of rotatable bonds is 6. The van der Waals surface area contributed by atoms with E-state index in [2.05, 4.69) is 15.1 Å². The summed E-state index contributed by atoms with van der Waals surface area (Å²) in [7, 11) is 0. The Labute approximate surface area is 176 Å². The van der Waals surface area contributed by atoms with E-state index in [-0.39, 0.29) is 30.7 Å². The van der Waals surface area contributed by atoms with E-state index in [9.17, 15) is 15.0 Å². The number of carboxylic acid groups (broad SMARTS) is 1. The van der Waals surface area contributed by atoms with Crippen molar-refractivity contribution in [3.05, 3.63) is 36.4 Å². The Bertz CT molecular complexity index is 1090. The van der Waals surface area contributed by atoms with Crippen LogP contribution in [-0.4, -0.2) is 72.7 Å². The van der Waals surface area contributed by atoms with Crippen molar-refractivity contribution in [1.29, 1.82) is 0 Å². The molecule has 0 bridgehead atoms. The van der Waals surface area contributed by atoms with E-state index in [1.807, 2.05) is 18.2 Å². The van der Waals surface area contributed by atoms with Crippen LogP contribution in [-0.2, 0) is 0 Å². The number of aliphatic hydroxyl groups excluding tert-OH is 1. The van der Waals surface area contributed by atoms with Crippen molar-refractivity contribution in [3.63, 3.8) is 0 Å². The maximum absolute atomic E-state index is 15.1. The summed E-state index contributed by atoms with van der Waals surface area (Å²) < 4.78 is 27.8. The third kappa shape index (κ3) is 4.50. The monoisotopic (exact) mass is 431 g/mol. The first-order valence-electron chi connectivity index (χ1n) is 9.88. The van der Waals surface area contributed by atoms with Crippen LogP contribution in [0.15, 0.2) is 30.6 Å². The Morgan fingerprint density at radius 3 is 2.94 bits per heavy atom. The van der Waals surface area contributed by atoms with E-state index in [4.69, 9.17) is 9.47 Å². The van der Waals surface area contributed by atoms with Crippen LogP contribution in [0.5, 0.6) is 11.8 Å². The van der Waals surface area contributed by atoms with Gasteiger partial charge in [-0.3, -0.25) is 0 Å². The molecule has 1 fully saturated rings. The van der Waals surface area contributed by atoms with Gasteiger partial charge in [-0.2, -0.15) is 19.5 Å². The van der Waals surface area contributed by atoms with E-state index in [0.717, 1.165) is 0 Å². The molecule has 2 atom stereocenters. The lowest BCUT2D eigenvalue weighted by Gasteiger charge is -2.30. The van der Waals surface area contributed by atoms with E-state index in [1.54, 1.807) is 16.9 Å². The predicted octanol–water partition coefficient (Wildman–Crippen LogP) is 2.21. The number of amides is 1. The quantitative estimate of drug-likeness (QED) is 0.609. The molecule has 1 saturated heterocycles. The van der Waals surface area contributed by atoms with Crippen molar-refractivity contribution in [1.82, 2.24) is 24.5 Å². The molecule has 2 N–H and O–H groups in total. The summed E-state index contributed by atoms with van der Waals surface area (Å²) in [4.78, 5) is 20.9. The minimum absolute atomic E-state index is 0.106. The van der Waals surface area contributed by atoms with Crippen LogP contribution in [0.25, 0.3) is 16.9 Å². The van der Waals surface area contributed by atoms with Gasteiger partial charge in [0.2, 0.25) is 5.82 Å². The van der Waals surface area contributed by atoms with Crippen molar-refractivity contribution in [2.45, 2.75) is 32.0 Å². The van der Waals surface area contributed by atoms with Crippen LogP contribution in [0.1, 0.15) is 19.8 Å². The van der Waals surface area contributed by atoms with Crippen LogP contribution < -0.4 is 9.47 Å². The number of aromatic nitrogens is 4. The molecule has 31 heavy (non-hydrogen) atoms. The van der Waals surface area contributed by atoms with Crippen LogP contribution >= 0.6 is 0 Å². The average Bonchev–Trinajstić information content (AvgIpc) is 3.18. The molecule has 1 aliphatic rings. The van der Waals surface area contributed by atoms with Crippen molar-refractivity contribution >= 4 is 11.6 Å². The molecule has 3 aromatic rings. The standard InChI is InChI=1S/C20H22FN5O5/c1-12(27)11-30-18-16(21)19(31-13-5-4-7-25(10-13)20(28)29)24-17(23-18)14-9-22-26-8-3-2-6-15(14)26/h2-3,6,8-9,12-13,27H,4-5,7,10-11H2,1H3,(H,28,29)/t12?,13-/m1/s1. The molecule has 0 spiro atoms. The summed E-state index contributed by atoms with van der Waals surface area (Å²) in [5, 5.41) is 23.0. The molecule has 1 unspecified atom stereocenters. The minimum Gasteiger partial charge on any atom is -0.473 e. The van der Waals surface area contributed by atoms with Gasteiger partial charge in [0.05, 0.1) is 29.9 Å². The van der Waals surface area contributed by atoms with Crippen LogP contribution in [0.2, 0.25) is 0 Å². The molecule has 0 aliphatic carbocycles. The van der Waals surface area contributed by atoms with Gasteiger partial charge in [-0.25, -0.2) is 9.31 Å². The second kappa shape index (κ2) is 8.72. The number of likely N-dealkylation sites (tertiary alicyclic amines) is 1. The molecule has 10 nitrogen and oxygen atoms in total. The van der Waals surface area contributed by atoms with Gasteiger partial charge in [-0.05, 0) is 31.9 Å². The number of carbonyl (C=O) groups is 1. The zero-order chi connectivity index (χ0) is 22.0. The summed E-state index contributed by atoms with van der Waals surface area (Å²) in [5.41, 5.74) is 1.25. The second-order valence-corrected chi connectivity index (χ2v) is 7.33. The lowest BCUT2D eigenvalue weighted by Crippen LogP contribution is -2.43. The third-order valence-electron chi connectivity index (χ3n) is 4.85. The summed E-state index contributed by atoms with van der Waals surface area (Å²) in [6, 6.07) is 5.46. The molecule has 0 aromatic carbocycles. The zero-order valence-electron chi connectivity index (χ0n) is 16.8. The number of hydrogen-bond acceptors (Lipinski definition) is 7. The van der Waals surface area contributed by atoms with Gasteiger partial charge in [-0.1, -0.05) is 6.07 Å². The predicted molar refractivity (Wildman–Crippen MR) is 107 cm³/mol. The summed E-state index contributed by atoms with van der Waals surface area (Å²) in [6.07, 6.45) is 2.02. The third-order valence-corrected chi connectivity index (χ3v) is 4.85. The SMILES string of the molecule is CC(O)COc1nc(-c2cnn3ccccc23)nc(O[C@@H]2CCCN(C(=O)O)C2)c1F. The maximum atomic E-state index is 15.1. The van der Waals surface area contributed by atoms with E-state index in [0.29, 0.717) is 30.5 Å². The minimum atomic E-state index is -1.05. The highest BCUT2D eigenvalue weighted by Gasteiger charge is 2.28. The van der Waals surface area contributed by atoms with Crippen molar-refractivity contribution in [3.8, 4) is 23.1 Å². The molecule has 0 saturated carbocycles. The molecule has 4 heterocycles. The Balaban J connectivity index is 1.70. The average molecular weight is 431 g/mol. The summed E-state index contributed by atoms with van der Waals surface area (Å²) in [6.45, 7) is 1.84. The normalized spacial score (nSPS) is 17.5. The summed E-state index contributed by atoms with van der Waals surface area (Å²) >= 11 is 0. The van der Waals surface area contributed by atoms with Crippen LogP contribution in [0, 0.1) is 5.82 Å². The maximum Gasteiger partial charge on any atom is 0.407 e. The molecule has 4 rings (SSSR count). The molecule has 0 radical (unpaired) electrons. The Morgan fingerprint density at radius 2 is 2.16 bits per heavy atom. The van der Waals surface area contributed by atoms with Gasteiger partial charge in [0.25, 0.3) is 11.8 Å². The molecule has 1 aliphatic heterocycles. The zero-order valence-corrected chi connectivity index (χ0v) is 16.8. The number of ether oxygens (including phenoxy) is 2. The van der Waals surface area contributed by atoms with Gasteiger partial charge >= 0.3 is 6.09 Å². The fourth-order valence-corrected chi connectivity index (χ4v) is 3.37. The van der Waals surface area contributed by atoms with Gasteiger partial charge < -0.3 is 24.6 Å².